The molecule has 2 aromatic carbocycles. The summed E-state index contributed by atoms with van der Waals surface area (Å²) in [5.74, 6) is -0.506. The highest BCUT2D eigenvalue weighted by Gasteiger charge is 2.33. The number of carbonyl (C=O) groups is 1. The Labute approximate surface area is 163 Å². The van der Waals surface area contributed by atoms with Gasteiger partial charge in [-0.3, -0.25) is 14.9 Å². The number of hydrogen-bond donors (Lipinski definition) is 1. The van der Waals surface area contributed by atoms with Gasteiger partial charge in [-0.2, -0.15) is 0 Å². The molecule has 1 saturated heterocycles. The molecule has 0 aromatic heterocycles. The number of hydrogen-bond acceptors (Lipinski definition) is 6. The van der Waals surface area contributed by atoms with E-state index in [0.717, 1.165) is 6.26 Å². The van der Waals surface area contributed by atoms with Crippen LogP contribution in [0.2, 0.25) is 0 Å². The zero-order valence-electron chi connectivity index (χ0n) is 15.4. The van der Waals surface area contributed by atoms with Crippen molar-refractivity contribution in [2.24, 2.45) is 5.92 Å². The van der Waals surface area contributed by atoms with E-state index in [1.165, 1.54) is 18.2 Å². The molecule has 2 aromatic rings. The third-order valence-electron chi connectivity index (χ3n) is 4.73. The zero-order valence-corrected chi connectivity index (χ0v) is 16.2. The molecule has 1 N–H and O–H groups in total. The minimum Gasteiger partial charge on any atom is -0.365 e. The first-order valence-corrected chi connectivity index (χ1v) is 10.7. The first kappa shape index (κ1) is 19.8. The van der Waals surface area contributed by atoms with Crippen molar-refractivity contribution in [3.63, 3.8) is 0 Å². The number of sulfone groups is 1. The zero-order chi connectivity index (χ0) is 20.3. The molecule has 1 unspecified atom stereocenters. The maximum absolute atomic E-state index is 12.6. The first-order valence-electron chi connectivity index (χ1n) is 8.85. The molecular formula is C19H21N3O5S. The van der Waals surface area contributed by atoms with Crippen molar-refractivity contribution in [1.82, 2.24) is 0 Å². The summed E-state index contributed by atoms with van der Waals surface area (Å²) in [5.41, 5.74) is 0.480. The van der Waals surface area contributed by atoms with E-state index in [-0.39, 0.29) is 29.0 Å². The second-order valence-corrected chi connectivity index (χ2v) is 8.78. The third kappa shape index (κ3) is 4.30. The standard InChI is InChI=1S/C19H21N3O5S/c1-28(26,27)17-11-5-10-16(18(17)22(24)25)21-12-6-7-14(13-21)19(23)20-15-8-3-2-4-9-15/h2-5,8-11,14H,6-7,12-13H2,1H3,(H,20,23). The number of rotatable bonds is 5. The van der Waals surface area contributed by atoms with Gasteiger partial charge in [0.2, 0.25) is 5.91 Å². The highest BCUT2D eigenvalue weighted by atomic mass is 32.2. The number of amides is 1. The van der Waals surface area contributed by atoms with Crippen LogP contribution in [-0.2, 0) is 14.6 Å². The molecule has 1 heterocycles. The number of nitrogens with zero attached hydrogens (tertiary/aromatic N) is 2. The fourth-order valence-corrected chi connectivity index (χ4v) is 4.28. The topological polar surface area (TPSA) is 110 Å². The summed E-state index contributed by atoms with van der Waals surface area (Å²) < 4.78 is 24.0. The Morgan fingerprint density at radius 3 is 2.54 bits per heavy atom. The molecule has 0 radical (unpaired) electrons. The van der Waals surface area contributed by atoms with Crippen LogP contribution in [-0.4, -0.2) is 38.6 Å². The summed E-state index contributed by atoms with van der Waals surface area (Å²) in [7, 11) is -3.76. The van der Waals surface area contributed by atoms with Gasteiger partial charge < -0.3 is 10.2 Å². The van der Waals surface area contributed by atoms with Crippen LogP contribution in [0.5, 0.6) is 0 Å². The molecule has 0 spiro atoms. The summed E-state index contributed by atoms with van der Waals surface area (Å²) in [6, 6.07) is 13.3. The Bertz CT molecular complexity index is 992. The van der Waals surface area contributed by atoms with Crippen LogP contribution >= 0.6 is 0 Å². The van der Waals surface area contributed by atoms with E-state index >= 15 is 0 Å². The second kappa shape index (κ2) is 7.97. The van der Waals surface area contributed by atoms with Crippen LogP contribution in [0.1, 0.15) is 12.8 Å². The number of nitro groups is 1. The first-order chi connectivity index (χ1) is 13.3. The van der Waals surface area contributed by atoms with Crippen molar-refractivity contribution in [3.05, 3.63) is 58.6 Å². The van der Waals surface area contributed by atoms with Gasteiger partial charge in [0.25, 0.3) is 0 Å². The predicted molar refractivity (Wildman–Crippen MR) is 106 cm³/mol. The van der Waals surface area contributed by atoms with Gasteiger partial charge in [-0.05, 0) is 37.1 Å². The van der Waals surface area contributed by atoms with Gasteiger partial charge in [0.15, 0.2) is 9.84 Å². The molecule has 148 valence electrons. The molecule has 1 atom stereocenters. The second-order valence-electron chi connectivity index (χ2n) is 6.79. The summed E-state index contributed by atoms with van der Waals surface area (Å²) in [4.78, 5) is 25.0. The Hall–Kier alpha value is -2.94. The lowest BCUT2D eigenvalue weighted by Gasteiger charge is -2.33. The molecular weight excluding hydrogens is 382 g/mol. The number of nitro benzene ring substituents is 1. The molecule has 1 aliphatic heterocycles. The minimum absolute atomic E-state index is 0.155. The average molecular weight is 403 g/mol. The lowest BCUT2D eigenvalue weighted by atomic mass is 9.96. The molecule has 1 fully saturated rings. The number of para-hydroxylation sites is 2. The number of anilines is 2. The van der Waals surface area contributed by atoms with Gasteiger partial charge in [-0.25, -0.2) is 8.42 Å². The Balaban J connectivity index is 1.86. The van der Waals surface area contributed by atoms with Crippen LogP contribution in [0.15, 0.2) is 53.4 Å². The fourth-order valence-electron chi connectivity index (χ4n) is 3.42. The quantitative estimate of drug-likeness (QED) is 0.607. The normalized spacial score (nSPS) is 17.2. The number of benzene rings is 2. The SMILES string of the molecule is CS(=O)(=O)c1cccc(N2CCCC(C(=O)Nc3ccccc3)C2)c1[N+](=O)[O-]. The van der Waals surface area contributed by atoms with Gasteiger partial charge in [0.05, 0.1) is 10.8 Å². The van der Waals surface area contributed by atoms with Crippen molar-refractivity contribution < 1.29 is 18.1 Å². The largest absolute Gasteiger partial charge is 0.365 e. The fraction of sp³-hybridized carbons (Fsp3) is 0.316. The maximum Gasteiger partial charge on any atom is 0.311 e. The Morgan fingerprint density at radius 2 is 1.89 bits per heavy atom. The van der Waals surface area contributed by atoms with Gasteiger partial charge in [-0.15, -0.1) is 0 Å². The maximum atomic E-state index is 12.6. The number of piperidine rings is 1. The lowest BCUT2D eigenvalue weighted by molar-refractivity contribution is -0.387. The van der Waals surface area contributed by atoms with Crippen LogP contribution in [0.4, 0.5) is 17.1 Å². The minimum atomic E-state index is -3.76. The van der Waals surface area contributed by atoms with E-state index in [4.69, 9.17) is 0 Å². The molecule has 0 saturated carbocycles. The Morgan fingerprint density at radius 1 is 1.18 bits per heavy atom. The third-order valence-corrected chi connectivity index (χ3v) is 5.86. The predicted octanol–water partition coefficient (Wildman–Crippen LogP) is 2.85. The molecule has 1 amide bonds. The van der Waals surface area contributed by atoms with E-state index in [2.05, 4.69) is 5.32 Å². The van der Waals surface area contributed by atoms with Gasteiger partial charge >= 0.3 is 5.69 Å². The van der Waals surface area contributed by atoms with E-state index in [9.17, 15) is 23.3 Å². The van der Waals surface area contributed by atoms with Gasteiger partial charge in [0.1, 0.15) is 10.6 Å². The van der Waals surface area contributed by atoms with E-state index in [1.54, 1.807) is 17.0 Å². The number of nitrogens with one attached hydrogen (secondary N) is 1. The van der Waals surface area contributed by atoms with Gasteiger partial charge in [-0.1, -0.05) is 24.3 Å². The van der Waals surface area contributed by atoms with Crippen molar-refractivity contribution in [1.29, 1.82) is 0 Å². The summed E-state index contributed by atoms with van der Waals surface area (Å²) in [5, 5.41) is 14.5. The summed E-state index contributed by atoms with van der Waals surface area (Å²) in [6.07, 6.45) is 2.29. The molecule has 0 bridgehead atoms. The van der Waals surface area contributed by atoms with E-state index < -0.39 is 20.4 Å². The smallest absolute Gasteiger partial charge is 0.311 e. The molecule has 0 aliphatic carbocycles. The van der Waals surface area contributed by atoms with Crippen molar-refractivity contribution in [2.45, 2.75) is 17.7 Å². The van der Waals surface area contributed by atoms with Crippen LogP contribution < -0.4 is 10.2 Å². The highest BCUT2D eigenvalue weighted by molar-refractivity contribution is 7.90. The monoisotopic (exact) mass is 403 g/mol. The van der Waals surface area contributed by atoms with Crippen molar-refractivity contribution in [2.75, 3.05) is 29.6 Å². The molecule has 9 heteroatoms. The molecule has 28 heavy (non-hydrogen) atoms. The van der Waals surface area contributed by atoms with Gasteiger partial charge in [0, 0.05) is 25.0 Å². The van der Waals surface area contributed by atoms with E-state index in [0.29, 0.717) is 25.1 Å². The lowest BCUT2D eigenvalue weighted by Crippen LogP contribution is -2.41. The van der Waals surface area contributed by atoms with Crippen LogP contribution in [0.25, 0.3) is 0 Å². The van der Waals surface area contributed by atoms with Crippen LogP contribution in [0.3, 0.4) is 0 Å². The molecule has 8 nitrogen and oxygen atoms in total. The molecule has 1 aliphatic rings. The summed E-state index contributed by atoms with van der Waals surface area (Å²) >= 11 is 0. The number of carbonyl (C=O) groups excluding carboxylic acids is 1. The van der Waals surface area contributed by atoms with E-state index in [1.807, 2.05) is 18.2 Å². The van der Waals surface area contributed by atoms with Crippen molar-refractivity contribution >= 4 is 32.8 Å². The van der Waals surface area contributed by atoms with Crippen molar-refractivity contribution in [3.8, 4) is 0 Å². The average Bonchev–Trinajstić information content (AvgIpc) is 2.67. The van der Waals surface area contributed by atoms with Crippen LogP contribution in [0, 0.1) is 16.0 Å². The Kier molecular flexibility index (Phi) is 5.64. The molecule has 3 rings (SSSR count). The summed E-state index contributed by atoms with van der Waals surface area (Å²) in [6.45, 7) is 0.801. The highest BCUT2D eigenvalue weighted by Crippen LogP contribution is 2.36.